The van der Waals surface area contributed by atoms with E-state index in [-0.39, 0.29) is 61.6 Å². The Kier molecular flexibility index (Phi) is 13.5. The zero-order valence-corrected chi connectivity index (χ0v) is 35.8. The molecule has 0 radical (unpaired) electrons. The molecule has 14 heteroatoms. The maximum atomic E-state index is 13.4. The highest BCUT2D eigenvalue weighted by Gasteiger charge is 2.41. The molecular formula is C50H52N8O6. The van der Waals surface area contributed by atoms with E-state index in [1.807, 2.05) is 67.0 Å². The molecule has 1 aliphatic carbocycles. The van der Waals surface area contributed by atoms with Gasteiger partial charge < -0.3 is 34.6 Å². The Morgan fingerprint density at radius 3 is 2.25 bits per heavy atom. The van der Waals surface area contributed by atoms with Crippen molar-refractivity contribution in [3.05, 3.63) is 137 Å². The van der Waals surface area contributed by atoms with E-state index < -0.39 is 17.9 Å². The predicted octanol–water partition coefficient (Wildman–Crippen LogP) is 6.75. The van der Waals surface area contributed by atoms with E-state index in [9.17, 15) is 29.4 Å². The third kappa shape index (κ3) is 9.00. The van der Waals surface area contributed by atoms with Gasteiger partial charge in [0.15, 0.2) is 0 Å². The lowest BCUT2D eigenvalue weighted by molar-refractivity contribution is -0.121. The van der Waals surface area contributed by atoms with Crippen LogP contribution < -0.4 is 21.4 Å². The molecule has 14 nitrogen and oxygen atoms in total. The van der Waals surface area contributed by atoms with Gasteiger partial charge in [0.2, 0.25) is 5.91 Å². The van der Waals surface area contributed by atoms with Gasteiger partial charge in [-0.3, -0.25) is 29.5 Å². The number of nitrogens with one attached hydrogen (secondary N) is 4. The fraction of sp³-hybridized carbons (Fsp3) is 0.300. The van der Waals surface area contributed by atoms with E-state index in [2.05, 4.69) is 49.4 Å². The summed E-state index contributed by atoms with van der Waals surface area (Å²) in [6.45, 7) is 1.56. The molecule has 4 amide bonds. The SMILES string of the molecule is CNC(=O)CCC(C=O)N1C(=O)c2cccc(NCCOCCNC(=O)c3ccc(Cn4c(-c5ccccc5)c(-c5ccccc5)c5c(=N)n(C6CCCCC6)cnc54)cc3)c2C1=O. The van der Waals surface area contributed by atoms with E-state index >= 15 is 0 Å². The van der Waals surface area contributed by atoms with E-state index in [0.29, 0.717) is 36.1 Å². The number of anilines is 1. The normalized spacial score (nSPS) is 14.4. The molecule has 3 heterocycles. The molecule has 0 spiro atoms. The van der Waals surface area contributed by atoms with Crippen molar-refractivity contribution < 1.29 is 28.7 Å². The van der Waals surface area contributed by atoms with Crippen molar-refractivity contribution in [2.45, 2.75) is 63.6 Å². The van der Waals surface area contributed by atoms with E-state index in [1.165, 1.54) is 13.5 Å². The average Bonchev–Trinajstić information content (AvgIpc) is 3.80. The monoisotopic (exact) mass is 860 g/mol. The molecule has 8 rings (SSSR count). The number of aldehydes is 1. The molecule has 64 heavy (non-hydrogen) atoms. The van der Waals surface area contributed by atoms with E-state index in [4.69, 9.17) is 9.72 Å². The van der Waals surface area contributed by atoms with Crippen LogP contribution in [0.4, 0.5) is 5.69 Å². The largest absolute Gasteiger partial charge is 0.382 e. The summed E-state index contributed by atoms with van der Waals surface area (Å²) >= 11 is 0. The number of benzene rings is 4. The topological polar surface area (TPSA) is 181 Å². The molecule has 1 fully saturated rings. The smallest absolute Gasteiger partial charge is 0.264 e. The van der Waals surface area contributed by atoms with E-state index in [0.717, 1.165) is 69.6 Å². The molecule has 1 unspecified atom stereocenters. The number of hydrogen-bond donors (Lipinski definition) is 4. The summed E-state index contributed by atoms with van der Waals surface area (Å²) in [4.78, 5) is 69.3. The van der Waals surface area contributed by atoms with Crippen molar-refractivity contribution in [2.75, 3.05) is 38.7 Å². The Morgan fingerprint density at radius 2 is 1.55 bits per heavy atom. The first-order chi connectivity index (χ1) is 31.3. The van der Waals surface area contributed by atoms with Crippen molar-refractivity contribution >= 4 is 46.6 Å². The van der Waals surface area contributed by atoms with Crippen LogP contribution in [0.1, 0.15) is 87.6 Å². The number of rotatable bonds is 18. The van der Waals surface area contributed by atoms with Crippen LogP contribution >= 0.6 is 0 Å². The lowest BCUT2D eigenvalue weighted by Crippen LogP contribution is -2.41. The molecule has 2 aliphatic rings. The average molecular weight is 861 g/mol. The first kappa shape index (κ1) is 43.5. The Balaban J connectivity index is 0.902. The van der Waals surface area contributed by atoms with Gasteiger partial charge >= 0.3 is 0 Å². The van der Waals surface area contributed by atoms with Crippen LogP contribution in [-0.2, 0) is 20.9 Å². The van der Waals surface area contributed by atoms with E-state index in [1.54, 1.807) is 18.2 Å². The molecule has 6 aromatic rings. The van der Waals surface area contributed by atoms with Crippen LogP contribution in [0.25, 0.3) is 33.4 Å². The lowest BCUT2D eigenvalue weighted by atomic mass is 9.95. The summed E-state index contributed by atoms with van der Waals surface area (Å²) in [5.74, 6) is -1.70. The van der Waals surface area contributed by atoms with Crippen LogP contribution in [0.2, 0.25) is 0 Å². The van der Waals surface area contributed by atoms with Gasteiger partial charge in [-0.1, -0.05) is 98.1 Å². The molecular weight excluding hydrogens is 809 g/mol. The number of carbonyl (C=O) groups is 5. The maximum Gasteiger partial charge on any atom is 0.264 e. The van der Waals surface area contributed by atoms with Gasteiger partial charge in [-0.2, -0.15) is 0 Å². The highest BCUT2D eigenvalue weighted by molar-refractivity contribution is 6.24. The van der Waals surface area contributed by atoms with Crippen molar-refractivity contribution in [1.82, 2.24) is 29.7 Å². The summed E-state index contributed by atoms with van der Waals surface area (Å²) in [6, 6.07) is 32.1. The fourth-order valence-electron chi connectivity index (χ4n) is 8.90. The van der Waals surface area contributed by atoms with Crippen molar-refractivity contribution in [2.24, 2.45) is 0 Å². The van der Waals surface area contributed by atoms with Crippen LogP contribution in [-0.4, -0.2) is 88.3 Å². The summed E-state index contributed by atoms with van der Waals surface area (Å²) in [7, 11) is 1.48. The Labute approximate surface area is 371 Å². The molecule has 1 aliphatic heterocycles. The zero-order valence-electron chi connectivity index (χ0n) is 35.8. The highest BCUT2D eigenvalue weighted by atomic mass is 16.5. The van der Waals surface area contributed by atoms with Crippen molar-refractivity contribution in [3.63, 3.8) is 0 Å². The van der Waals surface area contributed by atoms with Gasteiger partial charge in [-0.25, -0.2) is 4.98 Å². The standard InChI is InChI=1S/C50H52N8O6/c1-52-41(60)25-24-38(31-59)58-49(62)39-18-11-19-40(43(39)50(58)63)53-26-28-64-29-27-54-48(61)36-22-20-33(21-23-36)30-56-45(35-14-7-3-8-15-35)42(34-12-5-2-6-13-34)44-46(51)57(32-55-47(44)56)37-16-9-4-10-17-37/h2-3,5-8,11-15,18-23,31-32,37-38,51,53H,4,9-10,16-17,24-30H2,1H3,(H,52,60)(H,54,61). The van der Waals surface area contributed by atoms with Crippen molar-refractivity contribution in [3.8, 4) is 22.4 Å². The quantitative estimate of drug-likeness (QED) is 0.0416. The number of imide groups is 1. The van der Waals surface area contributed by atoms with Crippen LogP contribution in [0, 0.1) is 5.41 Å². The summed E-state index contributed by atoms with van der Waals surface area (Å²) in [5, 5.41) is 19.0. The Bertz CT molecular complexity index is 2720. The Morgan fingerprint density at radius 1 is 0.844 bits per heavy atom. The highest BCUT2D eigenvalue weighted by Crippen LogP contribution is 2.40. The van der Waals surface area contributed by atoms with Crippen LogP contribution in [0.5, 0.6) is 0 Å². The van der Waals surface area contributed by atoms with Gasteiger partial charge in [-0.15, -0.1) is 0 Å². The minimum Gasteiger partial charge on any atom is -0.382 e. The summed E-state index contributed by atoms with van der Waals surface area (Å²) < 4.78 is 10.0. The number of nitrogens with zero attached hydrogens (tertiary/aromatic N) is 4. The number of ether oxygens (including phenoxy) is 1. The first-order valence-corrected chi connectivity index (χ1v) is 21.9. The Hall–Kier alpha value is -7.19. The summed E-state index contributed by atoms with van der Waals surface area (Å²) in [5.41, 5.74) is 7.53. The van der Waals surface area contributed by atoms with Crippen molar-refractivity contribution in [1.29, 1.82) is 5.41 Å². The van der Waals surface area contributed by atoms with Gasteiger partial charge in [-0.05, 0) is 60.2 Å². The molecule has 1 atom stereocenters. The van der Waals surface area contributed by atoms with Crippen LogP contribution in [0.15, 0.2) is 109 Å². The number of fused-ring (bicyclic) bond motifs is 2. The third-order valence-electron chi connectivity index (χ3n) is 12.1. The fourth-order valence-corrected chi connectivity index (χ4v) is 8.90. The predicted molar refractivity (Wildman–Crippen MR) is 244 cm³/mol. The zero-order chi connectivity index (χ0) is 44.6. The molecule has 0 bridgehead atoms. The summed E-state index contributed by atoms with van der Waals surface area (Å²) in [6.07, 6.45) is 8.02. The minimum atomic E-state index is -1.06. The molecule has 1 saturated carbocycles. The molecule has 4 N–H and O–H groups in total. The minimum absolute atomic E-state index is 0.00468. The third-order valence-corrected chi connectivity index (χ3v) is 12.1. The number of hydrogen-bond acceptors (Lipinski definition) is 9. The van der Waals surface area contributed by atoms with Crippen LogP contribution in [0.3, 0.4) is 0 Å². The number of amides is 4. The number of carbonyl (C=O) groups excluding carboxylic acids is 5. The lowest BCUT2D eigenvalue weighted by Gasteiger charge is -2.24. The van der Waals surface area contributed by atoms with Gasteiger partial charge in [0, 0.05) is 56.0 Å². The molecule has 328 valence electrons. The van der Waals surface area contributed by atoms with Gasteiger partial charge in [0.1, 0.15) is 17.4 Å². The molecule has 2 aromatic heterocycles. The number of aromatic nitrogens is 3. The van der Waals surface area contributed by atoms with Gasteiger partial charge in [0.25, 0.3) is 17.7 Å². The van der Waals surface area contributed by atoms with Gasteiger partial charge in [0.05, 0.1) is 47.8 Å². The second-order valence-electron chi connectivity index (χ2n) is 16.1. The molecule has 0 saturated heterocycles. The second-order valence-corrected chi connectivity index (χ2v) is 16.1. The second kappa shape index (κ2) is 19.9. The molecule has 4 aromatic carbocycles. The maximum absolute atomic E-state index is 13.4. The first-order valence-electron chi connectivity index (χ1n) is 21.9.